The Kier molecular flexibility index (Phi) is 5.53. The van der Waals surface area contributed by atoms with E-state index < -0.39 is 0 Å². The third kappa shape index (κ3) is 4.20. The van der Waals surface area contributed by atoms with Crippen molar-refractivity contribution in [1.29, 1.82) is 0 Å². The highest BCUT2D eigenvalue weighted by atomic mass is 32.1. The van der Waals surface area contributed by atoms with Crippen molar-refractivity contribution in [3.8, 4) is 16.3 Å². The number of pyridine rings is 1. The molecule has 4 aromatic rings. The van der Waals surface area contributed by atoms with E-state index >= 15 is 0 Å². The Morgan fingerprint density at radius 1 is 1.07 bits per heavy atom. The summed E-state index contributed by atoms with van der Waals surface area (Å²) in [6.07, 6.45) is 3.07. The van der Waals surface area contributed by atoms with Crippen LogP contribution in [0.15, 0.2) is 66.3 Å². The second-order valence-electron chi connectivity index (χ2n) is 6.21. The zero-order chi connectivity index (χ0) is 20.9. The molecule has 0 aliphatic rings. The largest absolute Gasteiger partial charge is 0.494 e. The van der Waals surface area contributed by atoms with Gasteiger partial charge >= 0.3 is 0 Å². The van der Waals surface area contributed by atoms with E-state index in [9.17, 15) is 9.59 Å². The van der Waals surface area contributed by atoms with E-state index in [1.165, 1.54) is 13.3 Å². The minimum absolute atomic E-state index is 0.270. The lowest BCUT2D eigenvalue weighted by Crippen LogP contribution is -2.14. The minimum atomic E-state index is -0.358. The second-order valence-corrected chi connectivity index (χ2v) is 7.16. The maximum absolute atomic E-state index is 12.5. The Bertz CT molecular complexity index is 1170. The fourth-order valence-electron chi connectivity index (χ4n) is 2.76. The Hall–Kier alpha value is -3.98. The molecule has 0 fully saturated rings. The first-order chi connectivity index (χ1) is 14.6. The lowest BCUT2D eigenvalue weighted by molar-refractivity contribution is 0.101. The number of aromatic amines is 1. The molecule has 3 aromatic heterocycles. The van der Waals surface area contributed by atoms with Gasteiger partial charge in [0.05, 0.1) is 28.9 Å². The first-order valence-corrected chi connectivity index (χ1v) is 9.82. The molecule has 30 heavy (non-hydrogen) atoms. The van der Waals surface area contributed by atoms with E-state index in [0.717, 1.165) is 10.6 Å². The van der Waals surface area contributed by atoms with Gasteiger partial charge in [-0.3, -0.25) is 19.7 Å². The summed E-state index contributed by atoms with van der Waals surface area (Å²) in [7, 11) is 1.49. The van der Waals surface area contributed by atoms with E-state index in [1.807, 2.05) is 17.5 Å². The molecule has 0 atom stereocenters. The van der Waals surface area contributed by atoms with Crippen molar-refractivity contribution in [1.82, 2.24) is 15.2 Å². The van der Waals surface area contributed by atoms with Gasteiger partial charge in [-0.25, -0.2) is 0 Å². The third-order valence-electron chi connectivity index (χ3n) is 4.23. The molecule has 3 N–H and O–H groups in total. The maximum Gasteiger partial charge on any atom is 0.276 e. The minimum Gasteiger partial charge on any atom is -0.494 e. The summed E-state index contributed by atoms with van der Waals surface area (Å²) in [4.78, 5) is 29.8. The first-order valence-electron chi connectivity index (χ1n) is 8.94. The average Bonchev–Trinajstić information content (AvgIpc) is 3.47. The van der Waals surface area contributed by atoms with E-state index in [0.29, 0.717) is 22.7 Å². The van der Waals surface area contributed by atoms with E-state index in [2.05, 4.69) is 25.8 Å². The van der Waals surface area contributed by atoms with Crippen molar-refractivity contribution >= 4 is 34.5 Å². The number of hydrogen-bond donors (Lipinski definition) is 3. The number of carbonyl (C=O) groups excluding carboxylic acids is 2. The summed E-state index contributed by atoms with van der Waals surface area (Å²) < 4.78 is 5.36. The number of benzene rings is 1. The molecule has 0 bridgehead atoms. The van der Waals surface area contributed by atoms with Crippen molar-refractivity contribution < 1.29 is 14.3 Å². The molecule has 0 saturated heterocycles. The van der Waals surface area contributed by atoms with Gasteiger partial charge in [-0.05, 0) is 41.8 Å². The number of aromatic nitrogens is 3. The van der Waals surface area contributed by atoms with Crippen molar-refractivity contribution in [3.05, 3.63) is 77.6 Å². The molecule has 0 radical (unpaired) electrons. The van der Waals surface area contributed by atoms with E-state index in [4.69, 9.17) is 4.74 Å². The standard InChI is InChI=1S/C21H17N5O3S/c1-29-18-10-14(6-7-15(18)24-20(27)13-4-2-8-22-12-13)23-21(28)17-11-16(25-26-17)19-5-3-9-30-19/h2-12H,1H3,(H,23,28)(H,24,27)(H,25,26). The average molecular weight is 419 g/mol. The molecular formula is C21H17N5O3S. The lowest BCUT2D eigenvalue weighted by Gasteiger charge is -2.12. The van der Waals surface area contributed by atoms with E-state index in [-0.39, 0.29) is 17.5 Å². The SMILES string of the molecule is COc1cc(NC(=O)c2cc(-c3cccs3)[nH]n2)ccc1NC(=O)c1cccnc1. The molecule has 0 saturated carbocycles. The molecule has 2 amide bonds. The Labute approximate surface area is 175 Å². The topological polar surface area (TPSA) is 109 Å². The normalized spacial score (nSPS) is 10.4. The molecular weight excluding hydrogens is 402 g/mol. The predicted molar refractivity (Wildman–Crippen MR) is 115 cm³/mol. The van der Waals surface area contributed by atoms with Crippen LogP contribution >= 0.6 is 11.3 Å². The summed E-state index contributed by atoms with van der Waals surface area (Å²) in [6, 6.07) is 13.9. The molecule has 0 spiro atoms. The van der Waals surface area contributed by atoms with Crippen molar-refractivity contribution in [3.63, 3.8) is 0 Å². The molecule has 0 aliphatic heterocycles. The molecule has 9 heteroatoms. The molecule has 0 aliphatic carbocycles. The number of H-pyrrole nitrogens is 1. The van der Waals surface area contributed by atoms with Crippen molar-refractivity contribution in [2.45, 2.75) is 0 Å². The molecule has 3 heterocycles. The monoisotopic (exact) mass is 419 g/mol. The van der Waals surface area contributed by atoms with Gasteiger partial charge in [-0.15, -0.1) is 11.3 Å². The number of nitrogens with one attached hydrogen (secondary N) is 3. The highest BCUT2D eigenvalue weighted by Gasteiger charge is 2.15. The van der Waals surface area contributed by atoms with Crippen LogP contribution in [0.25, 0.3) is 10.6 Å². The van der Waals surface area contributed by atoms with Crippen LogP contribution in [-0.4, -0.2) is 34.1 Å². The quantitative estimate of drug-likeness (QED) is 0.437. The van der Waals surface area contributed by atoms with Gasteiger partial charge in [0.15, 0.2) is 5.69 Å². The summed E-state index contributed by atoms with van der Waals surface area (Å²) in [5.41, 5.74) is 2.46. The van der Waals surface area contributed by atoms with Crippen LogP contribution in [0.4, 0.5) is 11.4 Å². The van der Waals surface area contributed by atoms with Gasteiger partial charge in [0.2, 0.25) is 0 Å². The van der Waals surface area contributed by atoms with Crippen LogP contribution < -0.4 is 15.4 Å². The van der Waals surface area contributed by atoms with Crippen LogP contribution in [-0.2, 0) is 0 Å². The number of methoxy groups -OCH3 is 1. The molecule has 8 nitrogen and oxygen atoms in total. The number of thiophene rings is 1. The van der Waals surface area contributed by atoms with Crippen LogP contribution in [0.2, 0.25) is 0 Å². The predicted octanol–water partition coefficient (Wildman–Crippen LogP) is 4.05. The van der Waals surface area contributed by atoms with Crippen LogP contribution in [0.5, 0.6) is 5.75 Å². The molecule has 0 unspecified atom stereocenters. The van der Waals surface area contributed by atoms with Gasteiger partial charge in [0, 0.05) is 24.1 Å². The second kappa shape index (κ2) is 8.58. The van der Waals surface area contributed by atoms with Gasteiger partial charge < -0.3 is 15.4 Å². The number of ether oxygens (including phenoxy) is 1. The van der Waals surface area contributed by atoms with Crippen LogP contribution in [0.3, 0.4) is 0 Å². The Balaban J connectivity index is 1.47. The third-order valence-corrected chi connectivity index (χ3v) is 5.13. The summed E-state index contributed by atoms with van der Waals surface area (Å²) in [6.45, 7) is 0. The summed E-state index contributed by atoms with van der Waals surface area (Å²) in [5, 5.41) is 14.5. The van der Waals surface area contributed by atoms with Gasteiger partial charge in [0.1, 0.15) is 5.75 Å². The van der Waals surface area contributed by atoms with Gasteiger partial charge in [-0.1, -0.05) is 6.07 Å². The maximum atomic E-state index is 12.5. The molecule has 4 rings (SSSR count). The van der Waals surface area contributed by atoms with Crippen molar-refractivity contribution in [2.24, 2.45) is 0 Å². The van der Waals surface area contributed by atoms with Crippen molar-refractivity contribution in [2.75, 3.05) is 17.7 Å². The Morgan fingerprint density at radius 2 is 1.97 bits per heavy atom. The lowest BCUT2D eigenvalue weighted by atomic mass is 10.2. The number of carbonyl (C=O) groups is 2. The smallest absolute Gasteiger partial charge is 0.276 e. The first kappa shape index (κ1) is 19.3. The number of nitrogens with zero attached hydrogens (tertiary/aromatic N) is 2. The number of rotatable bonds is 6. The van der Waals surface area contributed by atoms with E-state index in [1.54, 1.807) is 53.9 Å². The zero-order valence-corrected chi connectivity index (χ0v) is 16.7. The summed E-state index contributed by atoms with van der Waals surface area (Å²) >= 11 is 1.56. The highest BCUT2D eigenvalue weighted by Crippen LogP contribution is 2.29. The Morgan fingerprint density at radius 3 is 2.70 bits per heavy atom. The number of hydrogen-bond acceptors (Lipinski definition) is 6. The van der Waals surface area contributed by atoms with Gasteiger partial charge in [-0.2, -0.15) is 5.10 Å². The van der Waals surface area contributed by atoms with Crippen LogP contribution in [0.1, 0.15) is 20.8 Å². The molecule has 1 aromatic carbocycles. The molecule has 150 valence electrons. The van der Waals surface area contributed by atoms with Gasteiger partial charge in [0.25, 0.3) is 11.8 Å². The number of amides is 2. The fraction of sp³-hybridized carbons (Fsp3) is 0.0476. The zero-order valence-electron chi connectivity index (χ0n) is 15.9. The number of anilines is 2. The summed E-state index contributed by atoms with van der Waals surface area (Å²) in [5.74, 6) is -0.259. The highest BCUT2D eigenvalue weighted by molar-refractivity contribution is 7.13. The van der Waals surface area contributed by atoms with Crippen LogP contribution in [0, 0.1) is 0 Å². The fourth-order valence-corrected chi connectivity index (χ4v) is 3.45.